The lowest BCUT2D eigenvalue weighted by molar-refractivity contribution is 0.472. The monoisotopic (exact) mass is 254 g/mol. The van der Waals surface area contributed by atoms with E-state index in [2.05, 4.69) is 67.7 Å². The number of aryl methyl sites for hydroxylation is 1. The number of rotatable bonds is 5. The van der Waals surface area contributed by atoms with E-state index in [1.807, 2.05) is 6.07 Å². The van der Waals surface area contributed by atoms with E-state index in [1.165, 1.54) is 16.7 Å². The quantitative estimate of drug-likeness (QED) is 0.858. The fourth-order valence-corrected chi connectivity index (χ4v) is 2.40. The topological polar surface area (TPSA) is 38.0 Å². The van der Waals surface area contributed by atoms with Crippen LogP contribution in [0.1, 0.15) is 35.7 Å². The van der Waals surface area contributed by atoms with Gasteiger partial charge in [-0.2, -0.15) is 0 Å². The molecular weight excluding hydrogens is 232 g/mol. The van der Waals surface area contributed by atoms with Gasteiger partial charge in [-0.1, -0.05) is 54.6 Å². The highest BCUT2D eigenvalue weighted by Gasteiger charge is 2.15. The van der Waals surface area contributed by atoms with E-state index in [1.54, 1.807) is 0 Å². The summed E-state index contributed by atoms with van der Waals surface area (Å²) in [7, 11) is 0. The summed E-state index contributed by atoms with van der Waals surface area (Å²) >= 11 is 0. The minimum Gasteiger partial charge on any atom is -0.329 e. The minimum atomic E-state index is 0.191. The zero-order valence-corrected chi connectivity index (χ0v) is 11.6. The van der Waals surface area contributed by atoms with E-state index in [-0.39, 0.29) is 12.1 Å². The van der Waals surface area contributed by atoms with Crippen LogP contribution in [0.4, 0.5) is 0 Å². The lowest BCUT2D eigenvalue weighted by atomic mass is 9.99. The van der Waals surface area contributed by atoms with Gasteiger partial charge in [-0.05, 0) is 30.5 Å². The Labute approximate surface area is 115 Å². The predicted molar refractivity (Wildman–Crippen MR) is 81.0 cm³/mol. The van der Waals surface area contributed by atoms with Crippen molar-refractivity contribution in [2.45, 2.75) is 25.9 Å². The molecule has 0 bridgehead atoms. The zero-order chi connectivity index (χ0) is 13.7. The van der Waals surface area contributed by atoms with Crippen molar-refractivity contribution in [3.05, 3.63) is 71.3 Å². The maximum absolute atomic E-state index is 5.94. The van der Waals surface area contributed by atoms with Gasteiger partial charge in [-0.15, -0.1) is 0 Å². The molecule has 100 valence electrons. The average molecular weight is 254 g/mol. The van der Waals surface area contributed by atoms with Gasteiger partial charge in [0, 0.05) is 18.6 Å². The van der Waals surface area contributed by atoms with Crippen LogP contribution in [-0.2, 0) is 0 Å². The molecule has 0 aliphatic carbocycles. The molecule has 0 amide bonds. The van der Waals surface area contributed by atoms with E-state index in [0.717, 1.165) is 0 Å². The summed E-state index contributed by atoms with van der Waals surface area (Å²) in [5, 5.41) is 3.62. The standard InChI is InChI=1S/C17H22N2/c1-13-8-6-7-11-16(13)17(12-18)19-14(2)15-9-4-3-5-10-15/h3-11,14,17,19H,12,18H2,1-2H3. The predicted octanol–water partition coefficient (Wildman–Crippen LogP) is 3.35. The Morgan fingerprint density at radius 2 is 1.63 bits per heavy atom. The van der Waals surface area contributed by atoms with Crippen molar-refractivity contribution in [2.75, 3.05) is 6.54 Å². The van der Waals surface area contributed by atoms with Crippen molar-refractivity contribution in [1.29, 1.82) is 0 Å². The molecule has 0 aromatic heterocycles. The van der Waals surface area contributed by atoms with E-state index >= 15 is 0 Å². The van der Waals surface area contributed by atoms with Gasteiger partial charge in [0.05, 0.1) is 0 Å². The summed E-state index contributed by atoms with van der Waals surface area (Å²) in [4.78, 5) is 0. The summed E-state index contributed by atoms with van der Waals surface area (Å²) in [6.45, 7) is 4.91. The van der Waals surface area contributed by atoms with Crippen LogP contribution in [0.5, 0.6) is 0 Å². The fraction of sp³-hybridized carbons (Fsp3) is 0.294. The molecule has 2 heteroatoms. The van der Waals surface area contributed by atoms with Crippen LogP contribution < -0.4 is 11.1 Å². The van der Waals surface area contributed by atoms with E-state index in [9.17, 15) is 0 Å². The lowest BCUT2D eigenvalue weighted by Crippen LogP contribution is -2.31. The van der Waals surface area contributed by atoms with Crippen LogP contribution >= 0.6 is 0 Å². The Hall–Kier alpha value is -1.64. The first kappa shape index (κ1) is 13.8. The molecule has 0 fully saturated rings. The molecule has 2 nitrogen and oxygen atoms in total. The third-order valence-corrected chi connectivity index (χ3v) is 3.55. The molecule has 2 rings (SSSR count). The minimum absolute atomic E-state index is 0.191. The lowest BCUT2D eigenvalue weighted by Gasteiger charge is -2.24. The third-order valence-electron chi connectivity index (χ3n) is 3.55. The van der Waals surface area contributed by atoms with Gasteiger partial charge in [0.1, 0.15) is 0 Å². The largest absolute Gasteiger partial charge is 0.329 e. The van der Waals surface area contributed by atoms with Crippen molar-refractivity contribution in [1.82, 2.24) is 5.32 Å². The molecule has 0 heterocycles. The van der Waals surface area contributed by atoms with Gasteiger partial charge in [-0.25, -0.2) is 0 Å². The van der Waals surface area contributed by atoms with Gasteiger partial charge in [0.2, 0.25) is 0 Å². The van der Waals surface area contributed by atoms with Crippen molar-refractivity contribution in [3.63, 3.8) is 0 Å². The molecule has 2 aromatic carbocycles. The van der Waals surface area contributed by atoms with Crippen molar-refractivity contribution >= 4 is 0 Å². The molecule has 0 aliphatic rings. The Morgan fingerprint density at radius 1 is 1.00 bits per heavy atom. The van der Waals surface area contributed by atoms with E-state index < -0.39 is 0 Å². The first-order valence-corrected chi connectivity index (χ1v) is 6.79. The van der Waals surface area contributed by atoms with Gasteiger partial charge in [-0.3, -0.25) is 0 Å². The van der Waals surface area contributed by atoms with Crippen LogP contribution in [0.15, 0.2) is 54.6 Å². The molecule has 0 aliphatic heterocycles. The average Bonchev–Trinajstić information content (AvgIpc) is 2.46. The summed E-state index contributed by atoms with van der Waals surface area (Å²) in [6, 6.07) is 19.4. The normalized spacial score (nSPS) is 14.1. The number of hydrogen-bond acceptors (Lipinski definition) is 2. The Kier molecular flexibility index (Phi) is 4.72. The highest BCUT2D eigenvalue weighted by atomic mass is 15.0. The first-order valence-electron chi connectivity index (χ1n) is 6.79. The molecule has 0 spiro atoms. The molecule has 0 radical (unpaired) electrons. The van der Waals surface area contributed by atoms with E-state index in [0.29, 0.717) is 6.54 Å². The van der Waals surface area contributed by atoms with Crippen LogP contribution in [0, 0.1) is 6.92 Å². The number of nitrogens with two attached hydrogens (primary N) is 1. The molecule has 0 saturated carbocycles. The van der Waals surface area contributed by atoms with Crippen LogP contribution in [-0.4, -0.2) is 6.54 Å². The number of benzene rings is 2. The molecule has 0 saturated heterocycles. The maximum Gasteiger partial charge on any atom is 0.0451 e. The molecule has 3 N–H and O–H groups in total. The fourth-order valence-electron chi connectivity index (χ4n) is 2.40. The van der Waals surface area contributed by atoms with Gasteiger partial charge in [0.15, 0.2) is 0 Å². The van der Waals surface area contributed by atoms with Crippen molar-refractivity contribution in [2.24, 2.45) is 5.73 Å². The Balaban J connectivity index is 2.14. The second-order valence-corrected chi connectivity index (χ2v) is 4.94. The maximum atomic E-state index is 5.94. The van der Waals surface area contributed by atoms with Crippen LogP contribution in [0.3, 0.4) is 0 Å². The highest BCUT2D eigenvalue weighted by molar-refractivity contribution is 5.29. The van der Waals surface area contributed by atoms with Gasteiger partial charge >= 0.3 is 0 Å². The number of hydrogen-bond donors (Lipinski definition) is 2. The second-order valence-electron chi connectivity index (χ2n) is 4.94. The van der Waals surface area contributed by atoms with Gasteiger partial charge in [0.25, 0.3) is 0 Å². The SMILES string of the molecule is Cc1ccccc1C(CN)NC(C)c1ccccc1. The summed E-state index contributed by atoms with van der Waals surface area (Å²) in [5.74, 6) is 0. The second kappa shape index (κ2) is 6.50. The van der Waals surface area contributed by atoms with Crippen molar-refractivity contribution in [3.8, 4) is 0 Å². The first-order chi connectivity index (χ1) is 9.22. The smallest absolute Gasteiger partial charge is 0.0451 e. The Bertz CT molecular complexity index is 508. The molecular formula is C17H22N2. The zero-order valence-electron chi connectivity index (χ0n) is 11.6. The molecule has 2 unspecified atom stereocenters. The molecule has 2 atom stereocenters. The molecule has 2 aromatic rings. The highest BCUT2D eigenvalue weighted by Crippen LogP contribution is 2.21. The molecule has 19 heavy (non-hydrogen) atoms. The Morgan fingerprint density at radius 3 is 2.26 bits per heavy atom. The number of nitrogens with one attached hydrogen (secondary N) is 1. The van der Waals surface area contributed by atoms with Crippen LogP contribution in [0.25, 0.3) is 0 Å². The van der Waals surface area contributed by atoms with Crippen LogP contribution in [0.2, 0.25) is 0 Å². The summed E-state index contributed by atoms with van der Waals surface area (Å²) < 4.78 is 0. The van der Waals surface area contributed by atoms with Crippen molar-refractivity contribution < 1.29 is 0 Å². The summed E-state index contributed by atoms with van der Waals surface area (Å²) in [5.41, 5.74) is 9.79. The third kappa shape index (κ3) is 3.43. The van der Waals surface area contributed by atoms with E-state index in [4.69, 9.17) is 5.73 Å². The summed E-state index contributed by atoms with van der Waals surface area (Å²) in [6.07, 6.45) is 0. The van der Waals surface area contributed by atoms with Gasteiger partial charge < -0.3 is 11.1 Å².